The Kier molecular flexibility index (Phi) is 4.65. The van der Waals surface area contributed by atoms with E-state index >= 15 is 0 Å². The molecule has 0 radical (unpaired) electrons. The van der Waals surface area contributed by atoms with Crippen LogP contribution < -0.4 is 5.56 Å². The maximum atomic E-state index is 13.1. The SMILES string of the molecule is O=c1c2sc(-c3ccc(Cl)cc3)cc2ncn1Cc1noc(-c2ccc(F)cc2)n1. The second-order valence-corrected chi connectivity index (χ2v) is 8.02. The van der Waals surface area contributed by atoms with Crippen LogP contribution in [0.2, 0.25) is 5.02 Å². The Hall–Kier alpha value is -3.36. The number of hydrogen-bond acceptors (Lipinski definition) is 6. The summed E-state index contributed by atoms with van der Waals surface area (Å²) in [6, 6.07) is 15.0. The molecule has 0 aliphatic carbocycles. The molecule has 0 atom stereocenters. The maximum Gasteiger partial charge on any atom is 0.271 e. The fourth-order valence-electron chi connectivity index (χ4n) is 2.99. The van der Waals surface area contributed by atoms with Gasteiger partial charge >= 0.3 is 0 Å². The maximum absolute atomic E-state index is 13.1. The third kappa shape index (κ3) is 3.51. The minimum atomic E-state index is -0.349. The summed E-state index contributed by atoms with van der Waals surface area (Å²) in [6.45, 7) is 0.112. The van der Waals surface area contributed by atoms with E-state index < -0.39 is 0 Å². The van der Waals surface area contributed by atoms with Crippen molar-refractivity contribution in [3.8, 4) is 21.9 Å². The lowest BCUT2D eigenvalue weighted by molar-refractivity contribution is 0.420. The van der Waals surface area contributed by atoms with E-state index in [1.54, 1.807) is 12.1 Å². The molecule has 0 aliphatic rings. The van der Waals surface area contributed by atoms with Gasteiger partial charge in [-0.05, 0) is 48.0 Å². The van der Waals surface area contributed by atoms with Crippen molar-refractivity contribution in [3.63, 3.8) is 0 Å². The van der Waals surface area contributed by atoms with E-state index in [1.165, 1.54) is 34.4 Å². The summed E-state index contributed by atoms with van der Waals surface area (Å²) in [4.78, 5) is 22.5. The van der Waals surface area contributed by atoms with E-state index in [2.05, 4.69) is 15.1 Å². The van der Waals surface area contributed by atoms with E-state index in [0.717, 1.165) is 10.4 Å². The third-order valence-corrected chi connectivity index (χ3v) is 5.92. The Morgan fingerprint density at radius 2 is 1.80 bits per heavy atom. The van der Waals surface area contributed by atoms with Crippen molar-refractivity contribution in [3.05, 3.63) is 87.9 Å². The molecule has 30 heavy (non-hydrogen) atoms. The molecule has 0 saturated heterocycles. The first-order chi connectivity index (χ1) is 14.6. The van der Waals surface area contributed by atoms with Crippen molar-refractivity contribution in [1.82, 2.24) is 19.7 Å². The van der Waals surface area contributed by atoms with Gasteiger partial charge < -0.3 is 4.52 Å². The normalized spacial score (nSPS) is 11.3. The van der Waals surface area contributed by atoms with Crippen molar-refractivity contribution >= 4 is 33.2 Å². The number of thiophene rings is 1. The molecule has 3 heterocycles. The van der Waals surface area contributed by atoms with Crippen LogP contribution in [0.5, 0.6) is 0 Å². The minimum absolute atomic E-state index is 0.112. The van der Waals surface area contributed by atoms with E-state index in [0.29, 0.717) is 26.6 Å². The molecule has 0 spiro atoms. The molecule has 3 aromatic heterocycles. The van der Waals surface area contributed by atoms with Gasteiger partial charge in [-0.25, -0.2) is 9.37 Å². The molecule has 5 aromatic rings. The molecule has 6 nitrogen and oxygen atoms in total. The first kappa shape index (κ1) is 18.7. The topological polar surface area (TPSA) is 73.8 Å². The smallest absolute Gasteiger partial charge is 0.271 e. The quantitative estimate of drug-likeness (QED) is 0.394. The highest BCUT2D eigenvalue weighted by Gasteiger charge is 2.14. The van der Waals surface area contributed by atoms with Crippen molar-refractivity contribution in [2.75, 3.05) is 0 Å². The summed E-state index contributed by atoms with van der Waals surface area (Å²) in [5, 5.41) is 4.57. The zero-order valence-corrected chi connectivity index (χ0v) is 16.8. The van der Waals surface area contributed by atoms with Crippen molar-refractivity contribution in [2.24, 2.45) is 0 Å². The van der Waals surface area contributed by atoms with Crippen LogP contribution >= 0.6 is 22.9 Å². The lowest BCUT2D eigenvalue weighted by atomic mass is 10.2. The molecule has 148 valence electrons. The molecule has 0 saturated carbocycles. The average molecular weight is 439 g/mol. The van der Waals surface area contributed by atoms with Gasteiger partial charge in [0.05, 0.1) is 18.4 Å². The summed E-state index contributed by atoms with van der Waals surface area (Å²) >= 11 is 7.32. The van der Waals surface area contributed by atoms with Crippen molar-refractivity contribution in [1.29, 1.82) is 0 Å². The van der Waals surface area contributed by atoms with E-state index in [9.17, 15) is 9.18 Å². The molecule has 9 heteroatoms. The summed E-state index contributed by atoms with van der Waals surface area (Å²) < 4.78 is 20.3. The Balaban J connectivity index is 1.45. The summed E-state index contributed by atoms with van der Waals surface area (Å²) in [7, 11) is 0. The molecule has 0 fully saturated rings. The van der Waals surface area contributed by atoms with E-state index in [4.69, 9.17) is 16.1 Å². The fraction of sp³-hybridized carbons (Fsp3) is 0.0476. The molecule has 0 aliphatic heterocycles. The van der Waals surface area contributed by atoms with E-state index in [1.807, 2.05) is 30.3 Å². The highest BCUT2D eigenvalue weighted by atomic mass is 35.5. The van der Waals surface area contributed by atoms with Crippen molar-refractivity contribution in [2.45, 2.75) is 6.54 Å². The van der Waals surface area contributed by atoms with Crippen LogP contribution in [-0.4, -0.2) is 19.7 Å². The van der Waals surface area contributed by atoms with Crippen molar-refractivity contribution < 1.29 is 8.91 Å². The molecule has 5 rings (SSSR count). The van der Waals surface area contributed by atoms with Crippen LogP contribution in [0.3, 0.4) is 0 Å². The Morgan fingerprint density at radius 1 is 1.07 bits per heavy atom. The molecule has 0 N–H and O–H groups in total. The van der Waals surface area contributed by atoms with Crippen LogP contribution in [0.15, 0.2) is 70.2 Å². The Morgan fingerprint density at radius 3 is 2.57 bits per heavy atom. The highest BCUT2D eigenvalue weighted by molar-refractivity contribution is 7.22. The van der Waals surface area contributed by atoms with Crippen LogP contribution in [0.4, 0.5) is 4.39 Å². The monoisotopic (exact) mass is 438 g/mol. The average Bonchev–Trinajstić information content (AvgIpc) is 3.39. The Bertz CT molecular complexity index is 1410. The van der Waals surface area contributed by atoms with Gasteiger partial charge in [0.2, 0.25) is 0 Å². The van der Waals surface area contributed by atoms with Gasteiger partial charge in [-0.3, -0.25) is 9.36 Å². The molecule has 0 amide bonds. The zero-order chi connectivity index (χ0) is 20.7. The second kappa shape index (κ2) is 7.47. The number of rotatable bonds is 4. The third-order valence-electron chi connectivity index (χ3n) is 4.50. The zero-order valence-electron chi connectivity index (χ0n) is 15.3. The Labute approximate surface area is 178 Å². The highest BCUT2D eigenvalue weighted by Crippen LogP contribution is 2.31. The standard InChI is InChI=1S/C21H12ClFN4O2S/c22-14-5-1-12(2-6-14)17-9-16-19(30-17)21(28)27(11-24-16)10-18-25-20(29-26-18)13-3-7-15(23)8-4-13/h1-9,11H,10H2. The molecular weight excluding hydrogens is 427 g/mol. The predicted octanol–water partition coefficient (Wildman–Crippen LogP) is 5.02. The largest absolute Gasteiger partial charge is 0.334 e. The van der Waals surface area contributed by atoms with Gasteiger partial charge in [0, 0.05) is 15.5 Å². The predicted molar refractivity (Wildman–Crippen MR) is 113 cm³/mol. The minimum Gasteiger partial charge on any atom is -0.334 e. The van der Waals surface area contributed by atoms with Gasteiger partial charge in [-0.15, -0.1) is 11.3 Å². The first-order valence-corrected chi connectivity index (χ1v) is 10.1. The van der Waals surface area contributed by atoms with Crippen LogP contribution in [0.1, 0.15) is 5.82 Å². The lowest BCUT2D eigenvalue weighted by Crippen LogP contribution is -2.20. The second-order valence-electron chi connectivity index (χ2n) is 6.53. The molecule has 0 unspecified atom stereocenters. The molecule has 0 bridgehead atoms. The number of fused-ring (bicyclic) bond motifs is 1. The summed E-state index contributed by atoms with van der Waals surface area (Å²) in [5.74, 6) is 0.235. The van der Waals surface area contributed by atoms with Gasteiger partial charge in [0.25, 0.3) is 11.4 Å². The van der Waals surface area contributed by atoms with Gasteiger partial charge in [0.1, 0.15) is 10.5 Å². The first-order valence-electron chi connectivity index (χ1n) is 8.90. The van der Waals surface area contributed by atoms with Gasteiger partial charge in [0.15, 0.2) is 5.82 Å². The number of benzene rings is 2. The molecular formula is C21H12ClFN4O2S. The number of aromatic nitrogens is 4. The van der Waals surface area contributed by atoms with E-state index in [-0.39, 0.29) is 23.8 Å². The van der Waals surface area contributed by atoms with Crippen LogP contribution in [0.25, 0.3) is 32.1 Å². The van der Waals surface area contributed by atoms with Crippen LogP contribution in [-0.2, 0) is 6.54 Å². The van der Waals surface area contributed by atoms with Gasteiger partial charge in [-0.1, -0.05) is 28.9 Å². The summed E-state index contributed by atoms with van der Waals surface area (Å²) in [5.41, 5.74) is 2.02. The lowest BCUT2D eigenvalue weighted by Gasteiger charge is -2.00. The fourth-order valence-corrected chi connectivity index (χ4v) is 4.19. The van der Waals surface area contributed by atoms with Gasteiger partial charge in [-0.2, -0.15) is 4.98 Å². The molecule has 2 aromatic carbocycles. The summed E-state index contributed by atoms with van der Waals surface area (Å²) in [6.07, 6.45) is 1.47. The number of hydrogen-bond donors (Lipinski definition) is 0. The number of nitrogens with zero attached hydrogens (tertiary/aromatic N) is 4. The van der Waals surface area contributed by atoms with Crippen LogP contribution in [0, 0.1) is 5.82 Å². The number of halogens is 2.